The fourth-order valence-electron chi connectivity index (χ4n) is 3.38. The number of halogens is 1. The Labute approximate surface area is 188 Å². The first-order valence-electron chi connectivity index (χ1n) is 10.5. The number of unbranched alkanes of at least 4 members (excludes halogenated alkanes) is 1. The number of aromatic nitrogens is 2. The van der Waals surface area contributed by atoms with Gasteiger partial charge in [0.2, 0.25) is 15.8 Å². The highest BCUT2D eigenvalue weighted by atomic mass is 35.5. The van der Waals surface area contributed by atoms with Crippen molar-refractivity contribution in [3.63, 3.8) is 0 Å². The Morgan fingerprint density at radius 1 is 1.19 bits per heavy atom. The fraction of sp³-hybridized carbons (Fsp3) is 0.524. The number of rotatable bonds is 8. The number of hydrogen-bond donors (Lipinski definition) is 0. The molecule has 2 heterocycles. The predicted molar refractivity (Wildman–Crippen MR) is 123 cm³/mol. The number of benzene rings is 1. The van der Waals surface area contributed by atoms with Gasteiger partial charge in [-0.1, -0.05) is 31.0 Å². The molecule has 170 valence electrons. The lowest BCUT2D eigenvalue weighted by atomic mass is 10.3. The minimum atomic E-state index is -3.31. The third-order valence-corrected chi connectivity index (χ3v) is 7.76. The maximum absolute atomic E-state index is 13.3. The van der Waals surface area contributed by atoms with Crippen molar-refractivity contribution in [1.82, 2.24) is 14.1 Å². The lowest BCUT2D eigenvalue weighted by molar-refractivity contribution is 0.301. The fourth-order valence-corrected chi connectivity index (χ4v) is 4.84. The molecule has 10 heteroatoms. The smallest absolute Gasteiger partial charge is 0.316 e. The molecule has 1 aliphatic heterocycles. The predicted octanol–water partition coefficient (Wildman–Crippen LogP) is 2.93. The van der Waals surface area contributed by atoms with Gasteiger partial charge in [0.1, 0.15) is 5.69 Å². The first kappa shape index (κ1) is 23.6. The number of sulfonamides is 1. The molecule has 1 aromatic heterocycles. The van der Waals surface area contributed by atoms with Crippen molar-refractivity contribution in [2.24, 2.45) is 0 Å². The minimum Gasteiger partial charge on any atom is -0.486 e. The molecular formula is C21H29ClN4O4S. The van der Waals surface area contributed by atoms with Gasteiger partial charge in [-0.2, -0.15) is 14.1 Å². The zero-order chi connectivity index (χ0) is 22.6. The molecule has 0 N–H and O–H groups in total. The Kier molecular flexibility index (Phi) is 7.61. The van der Waals surface area contributed by atoms with Crippen molar-refractivity contribution in [3.05, 3.63) is 45.8 Å². The third-order valence-electron chi connectivity index (χ3n) is 5.25. The molecule has 0 bridgehead atoms. The van der Waals surface area contributed by atoms with Crippen LogP contribution < -0.4 is 15.2 Å². The molecular weight excluding hydrogens is 440 g/mol. The zero-order valence-electron chi connectivity index (χ0n) is 18.1. The lowest BCUT2D eigenvalue weighted by Crippen LogP contribution is -2.50. The van der Waals surface area contributed by atoms with Crippen LogP contribution in [0.25, 0.3) is 5.69 Å². The Hall–Kier alpha value is -2.10. The number of ether oxygens (including phenoxy) is 1. The van der Waals surface area contributed by atoms with Crippen LogP contribution in [0.2, 0.25) is 5.02 Å². The van der Waals surface area contributed by atoms with Gasteiger partial charge < -0.3 is 9.64 Å². The van der Waals surface area contributed by atoms with E-state index in [2.05, 4.69) is 12.0 Å². The van der Waals surface area contributed by atoms with Gasteiger partial charge >= 0.3 is 5.56 Å². The maximum Gasteiger partial charge on any atom is 0.316 e. The summed E-state index contributed by atoms with van der Waals surface area (Å²) in [5.41, 5.74) is 0.770. The molecule has 1 aliphatic rings. The Balaban J connectivity index is 1.91. The van der Waals surface area contributed by atoms with Crippen LogP contribution in [0.5, 0.6) is 5.75 Å². The average molecular weight is 469 g/mol. The van der Waals surface area contributed by atoms with Crippen LogP contribution in [-0.2, 0) is 10.0 Å². The number of anilines is 1. The summed E-state index contributed by atoms with van der Waals surface area (Å²) >= 11 is 6.08. The first-order valence-corrected chi connectivity index (χ1v) is 12.4. The molecule has 0 unspecified atom stereocenters. The second kappa shape index (κ2) is 10.0. The molecule has 0 aliphatic carbocycles. The van der Waals surface area contributed by atoms with Gasteiger partial charge in [0.05, 0.1) is 23.7 Å². The van der Waals surface area contributed by atoms with E-state index in [1.165, 1.54) is 8.99 Å². The summed E-state index contributed by atoms with van der Waals surface area (Å²) in [5, 5.41) is 4.38. The molecule has 2 aromatic rings. The number of nitrogens with zero attached hydrogens (tertiary/aromatic N) is 4. The summed E-state index contributed by atoms with van der Waals surface area (Å²) in [6.07, 6.45) is 3.36. The van der Waals surface area contributed by atoms with Crippen LogP contribution in [-0.4, -0.2) is 60.5 Å². The molecule has 0 spiro atoms. The second-order valence-electron chi connectivity index (χ2n) is 7.74. The van der Waals surface area contributed by atoms with E-state index in [0.717, 1.165) is 12.8 Å². The summed E-state index contributed by atoms with van der Waals surface area (Å²) < 4.78 is 33.6. The molecule has 0 atom stereocenters. The monoisotopic (exact) mass is 468 g/mol. The van der Waals surface area contributed by atoms with E-state index in [9.17, 15) is 13.2 Å². The normalized spacial score (nSPS) is 15.5. The third kappa shape index (κ3) is 5.22. The molecule has 1 aromatic carbocycles. The Morgan fingerprint density at radius 3 is 2.52 bits per heavy atom. The van der Waals surface area contributed by atoms with E-state index in [4.69, 9.17) is 16.3 Å². The van der Waals surface area contributed by atoms with Crippen molar-refractivity contribution in [2.75, 3.05) is 37.7 Å². The highest BCUT2D eigenvalue weighted by molar-refractivity contribution is 7.89. The molecule has 8 nitrogen and oxygen atoms in total. The van der Waals surface area contributed by atoms with E-state index in [1.807, 2.05) is 4.90 Å². The van der Waals surface area contributed by atoms with Gasteiger partial charge in [0, 0.05) is 31.2 Å². The van der Waals surface area contributed by atoms with Crippen molar-refractivity contribution < 1.29 is 13.2 Å². The lowest BCUT2D eigenvalue weighted by Gasteiger charge is -2.36. The molecule has 1 saturated heterocycles. The van der Waals surface area contributed by atoms with E-state index < -0.39 is 15.3 Å². The van der Waals surface area contributed by atoms with Gasteiger partial charge in [-0.25, -0.2) is 8.42 Å². The van der Waals surface area contributed by atoms with Crippen molar-refractivity contribution in [3.8, 4) is 11.4 Å². The summed E-state index contributed by atoms with van der Waals surface area (Å²) in [7, 11) is -3.31. The van der Waals surface area contributed by atoms with Gasteiger partial charge in [-0.3, -0.25) is 4.79 Å². The van der Waals surface area contributed by atoms with Gasteiger partial charge in [0.15, 0.2) is 0 Å². The van der Waals surface area contributed by atoms with Crippen LogP contribution >= 0.6 is 11.6 Å². The van der Waals surface area contributed by atoms with E-state index >= 15 is 0 Å². The standard InChI is InChI=1S/C21H29ClN4O4S/c1-4-5-13-30-20-19(24-9-11-25(12-10-24)31(28,29)16(2)3)15-23-26(21(20)27)18-8-6-7-17(22)14-18/h6-8,14-16H,4-5,9-13H2,1-3H3. The molecule has 0 radical (unpaired) electrons. The molecule has 0 saturated carbocycles. The SMILES string of the molecule is CCCCOc1c(N2CCN(S(=O)(=O)C(C)C)CC2)cnn(-c2cccc(Cl)c2)c1=O. The van der Waals surface area contributed by atoms with E-state index in [1.54, 1.807) is 44.3 Å². The van der Waals surface area contributed by atoms with Gasteiger partial charge in [0.25, 0.3) is 0 Å². The Bertz CT molecular complexity index is 1060. The molecule has 0 amide bonds. The highest BCUT2D eigenvalue weighted by Gasteiger charge is 2.31. The van der Waals surface area contributed by atoms with Crippen LogP contribution in [0.15, 0.2) is 35.3 Å². The van der Waals surface area contributed by atoms with Crippen LogP contribution in [0.4, 0.5) is 5.69 Å². The van der Waals surface area contributed by atoms with E-state index in [0.29, 0.717) is 49.2 Å². The minimum absolute atomic E-state index is 0.226. The van der Waals surface area contributed by atoms with Crippen molar-refractivity contribution in [2.45, 2.75) is 38.9 Å². The molecule has 3 rings (SSSR count). The summed E-state index contributed by atoms with van der Waals surface area (Å²) in [4.78, 5) is 15.2. The highest BCUT2D eigenvalue weighted by Crippen LogP contribution is 2.27. The van der Waals surface area contributed by atoms with Crippen molar-refractivity contribution >= 4 is 27.3 Å². The van der Waals surface area contributed by atoms with Crippen LogP contribution in [0.3, 0.4) is 0 Å². The van der Waals surface area contributed by atoms with Crippen LogP contribution in [0.1, 0.15) is 33.6 Å². The second-order valence-corrected chi connectivity index (χ2v) is 10.7. The quantitative estimate of drug-likeness (QED) is 0.554. The van der Waals surface area contributed by atoms with Crippen LogP contribution in [0, 0.1) is 0 Å². The zero-order valence-corrected chi connectivity index (χ0v) is 19.7. The molecule has 1 fully saturated rings. The molecule has 31 heavy (non-hydrogen) atoms. The average Bonchev–Trinajstić information content (AvgIpc) is 2.75. The Morgan fingerprint density at radius 2 is 1.90 bits per heavy atom. The van der Waals surface area contributed by atoms with E-state index in [-0.39, 0.29) is 11.3 Å². The number of piperazine rings is 1. The summed E-state index contributed by atoms with van der Waals surface area (Å²) in [6.45, 7) is 7.45. The summed E-state index contributed by atoms with van der Waals surface area (Å²) in [6, 6.07) is 6.91. The topological polar surface area (TPSA) is 84.7 Å². The van der Waals surface area contributed by atoms with Gasteiger partial charge in [-0.05, 0) is 38.5 Å². The summed E-state index contributed by atoms with van der Waals surface area (Å²) in [5.74, 6) is 0.226. The maximum atomic E-state index is 13.3. The van der Waals surface area contributed by atoms with Crippen molar-refractivity contribution in [1.29, 1.82) is 0 Å². The number of hydrogen-bond acceptors (Lipinski definition) is 6. The largest absolute Gasteiger partial charge is 0.486 e. The first-order chi connectivity index (χ1) is 14.8. The van der Waals surface area contributed by atoms with Gasteiger partial charge in [-0.15, -0.1) is 0 Å².